The van der Waals surface area contributed by atoms with Crippen molar-refractivity contribution in [3.63, 3.8) is 0 Å². The Morgan fingerprint density at radius 3 is 3.05 bits per heavy atom. The first-order chi connectivity index (χ1) is 9.76. The lowest BCUT2D eigenvalue weighted by Gasteiger charge is -1.96. The Balaban J connectivity index is 1.89. The van der Waals surface area contributed by atoms with Crippen LogP contribution in [-0.4, -0.2) is 24.1 Å². The van der Waals surface area contributed by atoms with Crippen molar-refractivity contribution in [2.75, 3.05) is 5.73 Å². The van der Waals surface area contributed by atoms with E-state index < -0.39 is 0 Å². The van der Waals surface area contributed by atoms with Crippen LogP contribution in [0, 0.1) is 0 Å². The molecule has 0 radical (unpaired) electrons. The summed E-state index contributed by atoms with van der Waals surface area (Å²) in [7, 11) is 0. The molecule has 0 fully saturated rings. The minimum atomic E-state index is 0.629. The molecule has 0 aliphatic heterocycles. The van der Waals surface area contributed by atoms with E-state index in [4.69, 9.17) is 5.73 Å². The summed E-state index contributed by atoms with van der Waals surface area (Å²) in [4.78, 5) is 8.73. The lowest BCUT2D eigenvalue weighted by Crippen LogP contribution is -1.95. The number of anilines is 1. The van der Waals surface area contributed by atoms with Crippen molar-refractivity contribution >= 4 is 17.2 Å². The maximum atomic E-state index is 5.77. The molecule has 20 heavy (non-hydrogen) atoms. The Bertz CT molecular complexity index is 717. The average molecular weight is 286 g/mol. The van der Waals surface area contributed by atoms with Crippen LogP contribution in [0.25, 0.3) is 16.5 Å². The molecule has 0 bridgehead atoms. The quantitative estimate of drug-likeness (QED) is 0.744. The van der Waals surface area contributed by atoms with Crippen molar-refractivity contribution in [1.82, 2.24) is 24.1 Å². The fourth-order valence-corrected chi connectivity index (χ4v) is 2.47. The predicted molar refractivity (Wildman–Crippen MR) is 78.7 cm³/mol. The number of benzene rings is 1. The van der Waals surface area contributed by atoms with Crippen LogP contribution in [0.3, 0.4) is 0 Å². The molecule has 102 valence electrons. The molecule has 3 rings (SSSR count). The summed E-state index contributed by atoms with van der Waals surface area (Å²) in [6, 6.07) is 7.50. The lowest BCUT2D eigenvalue weighted by molar-refractivity contribution is 0.826. The third-order valence-electron chi connectivity index (χ3n) is 2.76. The molecular formula is C13H14N6S. The van der Waals surface area contributed by atoms with Crippen LogP contribution < -0.4 is 5.73 Å². The van der Waals surface area contributed by atoms with E-state index in [1.54, 1.807) is 11.0 Å². The van der Waals surface area contributed by atoms with E-state index in [1.807, 2.05) is 24.3 Å². The van der Waals surface area contributed by atoms with Crippen molar-refractivity contribution in [2.24, 2.45) is 0 Å². The number of nitrogen functional groups attached to an aromatic ring is 1. The third-order valence-corrected chi connectivity index (χ3v) is 3.51. The summed E-state index contributed by atoms with van der Waals surface area (Å²) in [6.07, 6.45) is 3.56. The van der Waals surface area contributed by atoms with Gasteiger partial charge in [-0.15, -0.1) is 5.10 Å². The smallest absolute Gasteiger partial charge is 0.231 e. The highest BCUT2D eigenvalue weighted by Gasteiger charge is 2.09. The number of aryl methyl sites for hydroxylation is 1. The Morgan fingerprint density at radius 2 is 2.25 bits per heavy atom. The first-order valence-corrected chi connectivity index (χ1v) is 7.14. The summed E-state index contributed by atoms with van der Waals surface area (Å²) in [5, 5.41) is 5.16. The number of hydrogen-bond donors (Lipinski definition) is 1. The highest BCUT2D eigenvalue weighted by atomic mass is 32.1. The third kappa shape index (κ3) is 2.53. The second kappa shape index (κ2) is 5.38. The molecule has 2 N–H and O–H groups in total. The molecule has 0 aliphatic rings. The molecule has 1 aromatic carbocycles. The van der Waals surface area contributed by atoms with Gasteiger partial charge in [0, 0.05) is 29.2 Å². The summed E-state index contributed by atoms with van der Waals surface area (Å²) in [5.74, 6) is 1.48. The second-order valence-corrected chi connectivity index (χ2v) is 5.11. The van der Waals surface area contributed by atoms with Gasteiger partial charge in [-0.3, -0.25) is 0 Å². The van der Waals surface area contributed by atoms with Gasteiger partial charge in [-0.05, 0) is 18.6 Å². The molecular weight excluding hydrogens is 272 g/mol. The van der Waals surface area contributed by atoms with E-state index in [1.165, 1.54) is 11.5 Å². The first-order valence-electron chi connectivity index (χ1n) is 6.37. The fourth-order valence-electron chi connectivity index (χ4n) is 1.83. The van der Waals surface area contributed by atoms with Crippen LogP contribution in [-0.2, 0) is 6.42 Å². The number of nitrogens with two attached hydrogens (primary N) is 1. The summed E-state index contributed by atoms with van der Waals surface area (Å²) in [5.41, 5.74) is 7.35. The lowest BCUT2D eigenvalue weighted by atomic mass is 10.2. The zero-order chi connectivity index (χ0) is 13.9. The molecule has 0 spiro atoms. The van der Waals surface area contributed by atoms with Gasteiger partial charge in [0.15, 0.2) is 5.82 Å². The standard InChI is InChI=1S/C13H14N6S/c1-2-4-11-16-13(20-18-11)19-8-15-12(17-19)9-5-3-6-10(14)7-9/h3,5-8H,2,4,14H2,1H3. The van der Waals surface area contributed by atoms with Crippen LogP contribution in [0.4, 0.5) is 5.69 Å². The van der Waals surface area contributed by atoms with Crippen molar-refractivity contribution in [1.29, 1.82) is 0 Å². The second-order valence-electron chi connectivity index (χ2n) is 4.38. The van der Waals surface area contributed by atoms with E-state index in [0.717, 1.165) is 29.4 Å². The van der Waals surface area contributed by atoms with Crippen LogP contribution in [0.1, 0.15) is 19.2 Å². The van der Waals surface area contributed by atoms with Gasteiger partial charge in [0.2, 0.25) is 5.13 Å². The largest absolute Gasteiger partial charge is 0.399 e. The Labute approximate surface area is 120 Å². The van der Waals surface area contributed by atoms with Crippen molar-refractivity contribution < 1.29 is 0 Å². The number of aromatic nitrogens is 5. The van der Waals surface area contributed by atoms with E-state index in [2.05, 4.69) is 26.4 Å². The molecule has 6 nitrogen and oxygen atoms in total. The molecule has 0 aliphatic carbocycles. The van der Waals surface area contributed by atoms with Gasteiger partial charge in [-0.25, -0.2) is 9.97 Å². The van der Waals surface area contributed by atoms with Crippen molar-refractivity contribution in [3.8, 4) is 16.5 Å². The Hall–Kier alpha value is -2.28. The molecule has 0 saturated carbocycles. The highest BCUT2D eigenvalue weighted by molar-refractivity contribution is 7.08. The Kier molecular flexibility index (Phi) is 3.42. The number of rotatable bonds is 4. The zero-order valence-corrected chi connectivity index (χ0v) is 11.8. The molecule has 0 atom stereocenters. The minimum absolute atomic E-state index is 0.629. The molecule has 7 heteroatoms. The summed E-state index contributed by atoms with van der Waals surface area (Å²) in [6.45, 7) is 2.11. The normalized spacial score (nSPS) is 10.8. The molecule has 0 unspecified atom stereocenters. The van der Waals surface area contributed by atoms with E-state index >= 15 is 0 Å². The SMILES string of the molecule is CCCc1nsc(-n2cnc(-c3cccc(N)c3)n2)n1. The molecule has 2 heterocycles. The van der Waals surface area contributed by atoms with Gasteiger partial charge in [0.05, 0.1) is 0 Å². The van der Waals surface area contributed by atoms with Crippen molar-refractivity contribution in [3.05, 3.63) is 36.4 Å². The topological polar surface area (TPSA) is 82.5 Å². The Morgan fingerprint density at radius 1 is 1.35 bits per heavy atom. The minimum Gasteiger partial charge on any atom is -0.399 e. The van der Waals surface area contributed by atoms with Gasteiger partial charge in [0.25, 0.3) is 0 Å². The van der Waals surface area contributed by atoms with Crippen LogP contribution >= 0.6 is 11.5 Å². The average Bonchev–Trinajstić information content (AvgIpc) is 3.07. The first kappa shape index (κ1) is 12.7. The molecule has 0 amide bonds. The van der Waals surface area contributed by atoms with Crippen LogP contribution in [0.2, 0.25) is 0 Å². The fraction of sp³-hybridized carbons (Fsp3) is 0.231. The predicted octanol–water partition coefficient (Wildman–Crippen LogP) is 2.32. The van der Waals surface area contributed by atoms with Gasteiger partial charge < -0.3 is 5.73 Å². The molecule has 0 saturated heterocycles. The van der Waals surface area contributed by atoms with Gasteiger partial charge in [-0.2, -0.15) is 9.06 Å². The van der Waals surface area contributed by atoms with Crippen LogP contribution in [0.5, 0.6) is 0 Å². The maximum absolute atomic E-state index is 5.77. The summed E-state index contributed by atoms with van der Waals surface area (Å²) < 4.78 is 5.95. The highest BCUT2D eigenvalue weighted by Crippen LogP contribution is 2.19. The molecule has 3 aromatic rings. The van der Waals surface area contributed by atoms with Gasteiger partial charge in [-0.1, -0.05) is 19.1 Å². The van der Waals surface area contributed by atoms with E-state index in [9.17, 15) is 0 Å². The zero-order valence-electron chi connectivity index (χ0n) is 11.0. The maximum Gasteiger partial charge on any atom is 0.231 e. The van der Waals surface area contributed by atoms with Gasteiger partial charge in [0.1, 0.15) is 12.2 Å². The monoisotopic (exact) mass is 286 g/mol. The van der Waals surface area contributed by atoms with E-state index in [0.29, 0.717) is 11.5 Å². The summed E-state index contributed by atoms with van der Waals surface area (Å²) >= 11 is 1.33. The number of hydrogen-bond acceptors (Lipinski definition) is 6. The van der Waals surface area contributed by atoms with Gasteiger partial charge >= 0.3 is 0 Å². The van der Waals surface area contributed by atoms with Crippen LogP contribution in [0.15, 0.2) is 30.6 Å². The van der Waals surface area contributed by atoms with Crippen molar-refractivity contribution in [2.45, 2.75) is 19.8 Å². The number of nitrogens with zero attached hydrogens (tertiary/aromatic N) is 5. The van der Waals surface area contributed by atoms with E-state index in [-0.39, 0.29) is 0 Å². The molecule has 2 aromatic heterocycles.